The van der Waals surface area contributed by atoms with Crippen LogP contribution in [0.3, 0.4) is 0 Å². The minimum Gasteiger partial charge on any atom is -0.484 e. The number of anilines is 2. The summed E-state index contributed by atoms with van der Waals surface area (Å²) >= 11 is 0. The number of hydrogen-bond donors (Lipinski definition) is 1. The second-order valence-electron chi connectivity index (χ2n) is 5.91. The van der Waals surface area contributed by atoms with E-state index in [9.17, 15) is 9.59 Å². The molecule has 1 aliphatic heterocycles. The van der Waals surface area contributed by atoms with Gasteiger partial charge in [-0.25, -0.2) is 0 Å². The summed E-state index contributed by atoms with van der Waals surface area (Å²) in [5.41, 5.74) is 2.30. The normalized spacial score (nSPS) is 12.8. The lowest BCUT2D eigenvalue weighted by Gasteiger charge is -2.28. The summed E-state index contributed by atoms with van der Waals surface area (Å²) < 4.78 is 10.9. The number of aryl methyl sites for hydroxylation is 1. The molecule has 2 amide bonds. The number of ether oxygens (including phenoxy) is 2. The maximum absolute atomic E-state index is 12.1. The van der Waals surface area contributed by atoms with Gasteiger partial charge in [0.15, 0.2) is 13.2 Å². The summed E-state index contributed by atoms with van der Waals surface area (Å²) in [7, 11) is 0. The number of rotatable bonds is 6. The van der Waals surface area contributed by atoms with Crippen LogP contribution in [-0.2, 0) is 9.59 Å². The molecule has 0 aromatic heterocycles. The lowest BCUT2D eigenvalue weighted by atomic mass is 10.2. The Kier molecular flexibility index (Phi) is 5.22. The number of benzene rings is 2. The van der Waals surface area contributed by atoms with E-state index in [1.165, 1.54) is 0 Å². The molecule has 0 radical (unpaired) electrons. The molecule has 134 valence electrons. The summed E-state index contributed by atoms with van der Waals surface area (Å²) in [6.45, 7) is 5.92. The molecule has 0 spiro atoms. The molecule has 0 saturated carbocycles. The number of amides is 2. The summed E-state index contributed by atoms with van der Waals surface area (Å²) in [5, 5.41) is 2.77. The molecule has 26 heavy (non-hydrogen) atoms. The fourth-order valence-electron chi connectivity index (χ4n) is 2.59. The first-order chi connectivity index (χ1) is 12.6. The Morgan fingerprint density at radius 1 is 1.31 bits per heavy atom. The first-order valence-corrected chi connectivity index (χ1v) is 8.24. The van der Waals surface area contributed by atoms with Crippen LogP contribution in [0.2, 0.25) is 0 Å². The predicted molar refractivity (Wildman–Crippen MR) is 99.8 cm³/mol. The summed E-state index contributed by atoms with van der Waals surface area (Å²) in [6.07, 6.45) is 1.65. The van der Waals surface area contributed by atoms with Gasteiger partial charge in [0.05, 0.1) is 5.69 Å². The van der Waals surface area contributed by atoms with Crippen molar-refractivity contribution in [2.45, 2.75) is 6.92 Å². The molecule has 6 heteroatoms. The number of hydrogen-bond acceptors (Lipinski definition) is 4. The maximum atomic E-state index is 12.1. The van der Waals surface area contributed by atoms with Crippen molar-refractivity contribution < 1.29 is 19.1 Å². The van der Waals surface area contributed by atoms with Crippen LogP contribution in [0.1, 0.15) is 5.56 Å². The quantitative estimate of drug-likeness (QED) is 0.812. The van der Waals surface area contributed by atoms with Gasteiger partial charge in [0.1, 0.15) is 11.5 Å². The Balaban J connectivity index is 1.66. The first-order valence-electron chi connectivity index (χ1n) is 8.24. The van der Waals surface area contributed by atoms with Gasteiger partial charge in [0.2, 0.25) is 0 Å². The standard InChI is InChI=1S/C20H20N2O4/c1-3-10-22-17-11-15(6-9-18(17)26-13-20(22)24)21-19(23)12-25-16-7-4-14(2)5-8-16/h3-9,11H,1,10,12-13H2,2H3,(H,21,23). The zero-order valence-electron chi connectivity index (χ0n) is 14.5. The summed E-state index contributed by atoms with van der Waals surface area (Å²) in [5.74, 6) is 0.792. The predicted octanol–water partition coefficient (Wildman–Crippen LogP) is 2.92. The highest BCUT2D eigenvalue weighted by Crippen LogP contribution is 2.34. The highest BCUT2D eigenvalue weighted by molar-refractivity contribution is 6.00. The molecular weight excluding hydrogens is 332 g/mol. The molecule has 1 N–H and O–H groups in total. The van der Waals surface area contributed by atoms with E-state index in [2.05, 4.69) is 11.9 Å². The highest BCUT2D eigenvalue weighted by atomic mass is 16.5. The Morgan fingerprint density at radius 3 is 2.81 bits per heavy atom. The van der Waals surface area contributed by atoms with Crippen LogP contribution in [-0.4, -0.2) is 31.6 Å². The van der Waals surface area contributed by atoms with Crippen molar-refractivity contribution in [3.8, 4) is 11.5 Å². The van der Waals surface area contributed by atoms with E-state index in [0.29, 0.717) is 29.4 Å². The highest BCUT2D eigenvalue weighted by Gasteiger charge is 2.25. The Labute approximate surface area is 152 Å². The molecule has 6 nitrogen and oxygen atoms in total. The van der Waals surface area contributed by atoms with Crippen molar-refractivity contribution in [3.05, 3.63) is 60.7 Å². The molecule has 2 aromatic rings. The third-order valence-electron chi connectivity index (χ3n) is 3.89. The number of carbonyl (C=O) groups excluding carboxylic acids is 2. The fraction of sp³-hybridized carbons (Fsp3) is 0.200. The van der Waals surface area contributed by atoms with Crippen molar-refractivity contribution in [1.29, 1.82) is 0 Å². The minimum atomic E-state index is -0.288. The average Bonchev–Trinajstić information content (AvgIpc) is 2.64. The second kappa shape index (κ2) is 7.74. The van der Waals surface area contributed by atoms with Gasteiger partial charge < -0.3 is 19.7 Å². The second-order valence-corrected chi connectivity index (χ2v) is 5.91. The zero-order valence-corrected chi connectivity index (χ0v) is 14.5. The van der Waals surface area contributed by atoms with Crippen molar-refractivity contribution in [2.24, 2.45) is 0 Å². The minimum absolute atomic E-state index is 0.00304. The van der Waals surface area contributed by atoms with Crippen molar-refractivity contribution in [3.63, 3.8) is 0 Å². The number of nitrogens with one attached hydrogen (secondary N) is 1. The van der Waals surface area contributed by atoms with E-state index in [-0.39, 0.29) is 25.0 Å². The number of carbonyl (C=O) groups is 2. The van der Waals surface area contributed by atoms with Crippen LogP contribution in [0.4, 0.5) is 11.4 Å². The van der Waals surface area contributed by atoms with Crippen LogP contribution in [0.25, 0.3) is 0 Å². The van der Waals surface area contributed by atoms with Crippen LogP contribution >= 0.6 is 0 Å². The van der Waals surface area contributed by atoms with Gasteiger partial charge in [0.25, 0.3) is 11.8 Å². The lowest BCUT2D eigenvalue weighted by molar-refractivity contribution is -0.121. The molecule has 1 aliphatic rings. The van der Waals surface area contributed by atoms with Crippen LogP contribution in [0.15, 0.2) is 55.1 Å². The smallest absolute Gasteiger partial charge is 0.265 e. The van der Waals surface area contributed by atoms with Crippen molar-refractivity contribution in [1.82, 2.24) is 0 Å². The summed E-state index contributed by atoms with van der Waals surface area (Å²) in [4.78, 5) is 25.7. The fourth-order valence-corrected chi connectivity index (χ4v) is 2.59. The molecular formula is C20H20N2O4. The number of nitrogens with zero attached hydrogens (tertiary/aromatic N) is 1. The van der Waals surface area contributed by atoms with E-state index in [1.54, 1.807) is 29.2 Å². The molecule has 3 rings (SSSR count). The lowest BCUT2D eigenvalue weighted by Crippen LogP contribution is -2.38. The Hall–Kier alpha value is -3.28. The monoisotopic (exact) mass is 352 g/mol. The van der Waals surface area contributed by atoms with Crippen LogP contribution < -0.4 is 19.7 Å². The molecule has 2 aromatic carbocycles. The van der Waals surface area contributed by atoms with E-state index in [1.807, 2.05) is 31.2 Å². The molecule has 0 fully saturated rings. The molecule has 1 heterocycles. The summed E-state index contributed by atoms with van der Waals surface area (Å²) in [6, 6.07) is 12.6. The van der Waals surface area contributed by atoms with Gasteiger partial charge in [-0.3, -0.25) is 9.59 Å². The van der Waals surface area contributed by atoms with E-state index < -0.39 is 0 Å². The van der Waals surface area contributed by atoms with Crippen LogP contribution in [0, 0.1) is 6.92 Å². The van der Waals surface area contributed by atoms with Gasteiger partial charge in [-0.15, -0.1) is 6.58 Å². The molecule has 0 atom stereocenters. The molecule has 0 bridgehead atoms. The molecule has 0 saturated heterocycles. The molecule has 0 unspecified atom stereocenters. The van der Waals surface area contributed by atoms with Crippen molar-refractivity contribution in [2.75, 3.05) is 30.0 Å². The molecule has 0 aliphatic carbocycles. The van der Waals surface area contributed by atoms with Gasteiger partial charge in [-0.05, 0) is 37.3 Å². The van der Waals surface area contributed by atoms with Gasteiger partial charge in [-0.2, -0.15) is 0 Å². The van der Waals surface area contributed by atoms with E-state index in [0.717, 1.165) is 5.56 Å². The average molecular weight is 352 g/mol. The van der Waals surface area contributed by atoms with Gasteiger partial charge >= 0.3 is 0 Å². The SMILES string of the molecule is C=CCN1C(=O)COc2ccc(NC(=O)COc3ccc(C)cc3)cc21. The van der Waals surface area contributed by atoms with E-state index >= 15 is 0 Å². The van der Waals surface area contributed by atoms with Gasteiger partial charge in [-0.1, -0.05) is 23.8 Å². The Bertz CT molecular complexity index is 830. The largest absolute Gasteiger partial charge is 0.484 e. The topological polar surface area (TPSA) is 67.9 Å². The number of fused-ring (bicyclic) bond motifs is 1. The van der Waals surface area contributed by atoms with Crippen LogP contribution in [0.5, 0.6) is 11.5 Å². The Morgan fingerprint density at radius 2 is 2.08 bits per heavy atom. The van der Waals surface area contributed by atoms with Crippen molar-refractivity contribution >= 4 is 23.2 Å². The first kappa shape index (κ1) is 17.5. The third-order valence-corrected chi connectivity index (χ3v) is 3.89. The maximum Gasteiger partial charge on any atom is 0.265 e. The van der Waals surface area contributed by atoms with Gasteiger partial charge in [0, 0.05) is 12.2 Å². The van der Waals surface area contributed by atoms with E-state index in [4.69, 9.17) is 9.47 Å². The third kappa shape index (κ3) is 4.03. The zero-order chi connectivity index (χ0) is 18.5.